The van der Waals surface area contributed by atoms with Crippen LogP contribution in [0.5, 0.6) is 0 Å². The van der Waals surface area contributed by atoms with Crippen LogP contribution in [0.3, 0.4) is 0 Å². The summed E-state index contributed by atoms with van der Waals surface area (Å²) in [5, 5.41) is 1.17. The number of thiazole rings is 1. The average molecular weight is 437 g/mol. The minimum absolute atomic E-state index is 0.206. The molecule has 0 N–H and O–H groups in total. The molecule has 2 aromatic carbocycles. The summed E-state index contributed by atoms with van der Waals surface area (Å²) in [4.78, 5) is 17.5. The molecule has 0 radical (unpaired) electrons. The molecule has 1 aromatic heterocycles. The van der Waals surface area contributed by atoms with E-state index in [0.29, 0.717) is 33.9 Å². The van der Waals surface area contributed by atoms with Gasteiger partial charge in [0.1, 0.15) is 0 Å². The number of nitrogens with zero attached hydrogens (tertiary/aromatic N) is 2. The van der Waals surface area contributed by atoms with Gasteiger partial charge in [0.2, 0.25) is 0 Å². The topological polar surface area (TPSA) is 43.6 Å². The first kappa shape index (κ1) is 21.1. The lowest BCUT2D eigenvalue weighted by Crippen LogP contribution is -2.20. The number of carbonyl (C=O) groups is 1. The molecule has 0 bridgehead atoms. The molecule has 3 aromatic rings. The molecule has 0 saturated carbocycles. The van der Waals surface area contributed by atoms with Crippen molar-refractivity contribution in [2.45, 2.75) is 32.7 Å². The molecule has 7 heteroatoms. The van der Waals surface area contributed by atoms with Crippen molar-refractivity contribution in [2.75, 3.05) is 13.7 Å². The summed E-state index contributed by atoms with van der Waals surface area (Å²) in [5.41, 5.74) is 2.97. The molecule has 0 atom stereocenters. The van der Waals surface area contributed by atoms with Gasteiger partial charge in [-0.3, -0.25) is 4.79 Å². The van der Waals surface area contributed by atoms with Crippen LogP contribution in [0.1, 0.15) is 30.9 Å². The maximum atomic E-state index is 12.6. The van der Waals surface area contributed by atoms with Crippen molar-refractivity contribution in [1.82, 2.24) is 4.57 Å². The van der Waals surface area contributed by atoms with Gasteiger partial charge >= 0.3 is 0 Å². The maximum Gasteiger partial charge on any atom is 0.252 e. The lowest BCUT2D eigenvalue weighted by molar-refractivity contribution is -0.117. The van der Waals surface area contributed by atoms with Crippen molar-refractivity contribution in [1.29, 1.82) is 0 Å². The summed E-state index contributed by atoms with van der Waals surface area (Å²) < 4.78 is 7.92. The van der Waals surface area contributed by atoms with Crippen molar-refractivity contribution in [3.8, 4) is 0 Å². The number of hydrogen-bond acceptors (Lipinski definition) is 3. The Labute approximate surface area is 178 Å². The Morgan fingerprint density at radius 2 is 1.82 bits per heavy atom. The molecule has 4 nitrogen and oxygen atoms in total. The fraction of sp³-hybridized carbons (Fsp3) is 0.333. The molecule has 0 spiro atoms. The first-order valence-electron chi connectivity index (χ1n) is 9.03. The number of halogens is 2. The van der Waals surface area contributed by atoms with Crippen LogP contribution in [-0.2, 0) is 22.5 Å². The highest BCUT2D eigenvalue weighted by Gasteiger charge is 2.14. The van der Waals surface area contributed by atoms with E-state index in [9.17, 15) is 4.79 Å². The number of hydrogen-bond donors (Lipinski definition) is 0. The Morgan fingerprint density at radius 3 is 2.46 bits per heavy atom. The molecule has 28 heavy (non-hydrogen) atoms. The maximum absolute atomic E-state index is 12.6. The molecule has 3 rings (SSSR count). The third kappa shape index (κ3) is 4.66. The monoisotopic (exact) mass is 436 g/mol. The van der Waals surface area contributed by atoms with Gasteiger partial charge in [-0.2, -0.15) is 4.99 Å². The molecule has 0 aliphatic heterocycles. The van der Waals surface area contributed by atoms with Gasteiger partial charge in [-0.05, 0) is 29.2 Å². The Bertz CT molecular complexity index is 1050. The van der Waals surface area contributed by atoms with Gasteiger partial charge < -0.3 is 9.30 Å². The van der Waals surface area contributed by atoms with Crippen molar-refractivity contribution in [2.24, 2.45) is 4.99 Å². The van der Waals surface area contributed by atoms with Crippen LogP contribution < -0.4 is 4.80 Å². The number of amides is 1. The van der Waals surface area contributed by atoms with Gasteiger partial charge in [-0.1, -0.05) is 72.7 Å². The molecule has 1 heterocycles. The van der Waals surface area contributed by atoms with Crippen LogP contribution in [0.4, 0.5) is 0 Å². The van der Waals surface area contributed by atoms with E-state index in [1.54, 1.807) is 19.2 Å². The predicted octanol–water partition coefficient (Wildman–Crippen LogP) is 5.45. The Hall–Kier alpha value is -1.66. The largest absolute Gasteiger partial charge is 0.383 e. The molecule has 148 valence electrons. The van der Waals surface area contributed by atoms with E-state index < -0.39 is 0 Å². The van der Waals surface area contributed by atoms with Gasteiger partial charge in [0, 0.05) is 13.7 Å². The van der Waals surface area contributed by atoms with Gasteiger partial charge in [-0.25, -0.2) is 0 Å². The second-order valence-electron chi connectivity index (χ2n) is 6.81. The Balaban J connectivity index is 1.96. The van der Waals surface area contributed by atoms with Crippen molar-refractivity contribution < 1.29 is 9.53 Å². The van der Waals surface area contributed by atoms with Crippen molar-refractivity contribution >= 4 is 50.7 Å². The average Bonchev–Trinajstić information content (AvgIpc) is 3.02. The highest BCUT2D eigenvalue weighted by atomic mass is 35.5. The summed E-state index contributed by atoms with van der Waals surface area (Å²) in [5.74, 6) is 0.254. The van der Waals surface area contributed by atoms with E-state index >= 15 is 0 Å². The van der Waals surface area contributed by atoms with E-state index in [0.717, 1.165) is 15.8 Å². The van der Waals surface area contributed by atoms with E-state index in [-0.39, 0.29) is 12.3 Å². The highest BCUT2D eigenvalue weighted by molar-refractivity contribution is 7.17. The molecule has 0 aliphatic rings. The van der Waals surface area contributed by atoms with Gasteiger partial charge in [0.05, 0.1) is 33.3 Å². The van der Waals surface area contributed by atoms with Crippen molar-refractivity contribution in [3.63, 3.8) is 0 Å². The number of methoxy groups -OCH3 is 1. The fourth-order valence-corrected chi connectivity index (χ4v) is 4.62. The number of carbonyl (C=O) groups excluding carboxylic acids is 1. The van der Waals surface area contributed by atoms with Crippen LogP contribution in [0.2, 0.25) is 10.0 Å². The minimum Gasteiger partial charge on any atom is -0.383 e. The second kappa shape index (κ2) is 9.23. The van der Waals surface area contributed by atoms with Gasteiger partial charge in [0.15, 0.2) is 4.80 Å². The number of ether oxygens (including phenoxy) is 1. The zero-order valence-corrected chi connectivity index (χ0v) is 18.4. The number of fused-ring (bicyclic) bond motifs is 1. The number of aromatic nitrogens is 1. The lowest BCUT2D eigenvalue weighted by atomic mass is 10.0. The molecule has 0 unspecified atom stereocenters. The third-order valence-electron chi connectivity index (χ3n) is 4.47. The quantitative estimate of drug-likeness (QED) is 0.515. The molecular weight excluding hydrogens is 415 g/mol. The normalized spacial score (nSPS) is 12.3. The minimum atomic E-state index is -0.206. The predicted molar refractivity (Wildman–Crippen MR) is 117 cm³/mol. The van der Waals surface area contributed by atoms with Crippen LogP contribution in [-0.4, -0.2) is 24.2 Å². The van der Waals surface area contributed by atoms with Crippen LogP contribution in [0.25, 0.3) is 10.2 Å². The molecule has 0 saturated heterocycles. The first-order chi connectivity index (χ1) is 13.4. The van der Waals surface area contributed by atoms with Gasteiger partial charge in [-0.15, -0.1) is 0 Å². The zero-order valence-electron chi connectivity index (χ0n) is 16.0. The Kier molecular flexibility index (Phi) is 6.94. The second-order valence-corrected chi connectivity index (χ2v) is 8.61. The zero-order chi connectivity index (χ0) is 20.3. The van der Waals surface area contributed by atoms with E-state index in [1.165, 1.54) is 16.9 Å². The molecule has 0 aliphatic carbocycles. The van der Waals surface area contributed by atoms with Crippen LogP contribution in [0.15, 0.2) is 41.4 Å². The lowest BCUT2D eigenvalue weighted by Gasteiger charge is -2.06. The molecule has 0 fully saturated rings. The van der Waals surface area contributed by atoms with E-state index in [2.05, 4.69) is 31.0 Å². The van der Waals surface area contributed by atoms with Crippen LogP contribution >= 0.6 is 34.5 Å². The number of rotatable bonds is 6. The SMILES string of the molecule is COCCn1c(=NC(=O)Cc2ccc(C(C)C)cc2)sc2c(Cl)ccc(Cl)c21. The summed E-state index contributed by atoms with van der Waals surface area (Å²) in [7, 11) is 1.63. The highest BCUT2D eigenvalue weighted by Crippen LogP contribution is 2.31. The molecule has 1 amide bonds. The van der Waals surface area contributed by atoms with Crippen LogP contribution in [0, 0.1) is 0 Å². The third-order valence-corrected chi connectivity index (χ3v) is 6.31. The Morgan fingerprint density at radius 1 is 1.14 bits per heavy atom. The first-order valence-corrected chi connectivity index (χ1v) is 10.6. The summed E-state index contributed by atoms with van der Waals surface area (Å²) in [6.07, 6.45) is 0.248. The summed E-state index contributed by atoms with van der Waals surface area (Å²) in [6.45, 7) is 5.30. The summed E-state index contributed by atoms with van der Waals surface area (Å²) >= 11 is 14.1. The fourth-order valence-electron chi connectivity index (χ4n) is 2.93. The molecular formula is C21H22Cl2N2O2S. The van der Waals surface area contributed by atoms with Crippen molar-refractivity contribution in [3.05, 3.63) is 62.4 Å². The summed E-state index contributed by atoms with van der Waals surface area (Å²) in [6, 6.07) is 11.6. The van der Waals surface area contributed by atoms with E-state index in [4.69, 9.17) is 27.9 Å². The van der Waals surface area contributed by atoms with Gasteiger partial charge in [0.25, 0.3) is 5.91 Å². The van der Waals surface area contributed by atoms with E-state index in [1.807, 2.05) is 16.7 Å². The standard InChI is InChI=1S/C21H22Cl2N2O2S/c1-13(2)15-6-4-14(5-7-15)12-18(26)24-21-25(10-11-27-3)19-16(22)8-9-17(23)20(19)28-21/h4-9,13H,10-12H2,1-3H3. The smallest absolute Gasteiger partial charge is 0.252 e. The number of benzene rings is 2.